The van der Waals surface area contributed by atoms with Gasteiger partial charge in [-0.15, -0.1) is 0 Å². The number of hydrogen-bond acceptors (Lipinski definition) is 3. The second kappa shape index (κ2) is 6.52. The summed E-state index contributed by atoms with van der Waals surface area (Å²) in [5.41, 5.74) is 1.37. The van der Waals surface area contributed by atoms with Crippen LogP contribution in [0.2, 0.25) is 0 Å². The molecular weight excluding hydrogens is 333 g/mol. The van der Waals surface area contributed by atoms with Gasteiger partial charge in [-0.3, -0.25) is 14.6 Å². The van der Waals surface area contributed by atoms with E-state index < -0.39 is 0 Å². The summed E-state index contributed by atoms with van der Waals surface area (Å²) in [4.78, 5) is 30.8. The van der Waals surface area contributed by atoms with Gasteiger partial charge in [0.1, 0.15) is 5.82 Å². The molecule has 1 spiro atoms. The van der Waals surface area contributed by atoms with Gasteiger partial charge < -0.3 is 10.2 Å². The summed E-state index contributed by atoms with van der Waals surface area (Å²) in [5, 5.41) is 2.97. The van der Waals surface area contributed by atoms with Crippen molar-refractivity contribution in [1.29, 1.82) is 0 Å². The maximum Gasteiger partial charge on any atom is 0.253 e. The Bertz CT molecular complexity index is 825. The van der Waals surface area contributed by atoms with Crippen LogP contribution < -0.4 is 5.32 Å². The first-order chi connectivity index (χ1) is 12.6. The number of nitrogens with one attached hydrogen (secondary N) is 1. The monoisotopic (exact) mass is 353 g/mol. The Balaban J connectivity index is 1.33. The maximum absolute atomic E-state index is 13.0. The van der Waals surface area contributed by atoms with Gasteiger partial charge in [0, 0.05) is 48.9 Å². The lowest BCUT2D eigenvalue weighted by atomic mass is 10.0. The van der Waals surface area contributed by atoms with Crippen molar-refractivity contribution in [2.45, 2.75) is 19.4 Å². The molecule has 0 unspecified atom stereocenters. The second-order valence-corrected chi connectivity index (χ2v) is 7.18. The highest BCUT2D eigenvalue weighted by Crippen LogP contribution is 2.58. The Morgan fingerprint density at radius 2 is 2.08 bits per heavy atom. The Labute approximate surface area is 151 Å². The lowest BCUT2D eigenvalue weighted by molar-refractivity contribution is -0.123. The van der Waals surface area contributed by atoms with Gasteiger partial charge in [-0.1, -0.05) is 6.07 Å². The molecule has 134 valence electrons. The van der Waals surface area contributed by atoms with E-state index in [0.29, 0.717) is 25.2 Å². The van der Waals surface area contributed by atoms with Crippen LogP contribution in [-0.2, 0) is 11.3 Å². The molecule has 0 bridgehead atoms. The number of halogens is 1. The molecule has 6 heteroatoms. The molecule has 1 N–H and O–H groups in total. The molecule has 2 atom stereocenters. The summed E-state index contributed by atoms with van der Waals surface area (Å²) >= 11 is 0. The summed E-state index contributed by atoms with van der Waals surface area (Å²) in [7, 11) is 0. The highest BCUT2D eigenvalue weighted by atomic mass is 19.1. The van der Waals surface area contributed by atoms with E-state index in [2.05, 4.69) is 10.3 Å². The van der Waals surface area contributed by atoms with Crippen LogP contribution in [0.4, 0.5) is 4.39 Å². The Morgan fingerprint density at radius 1 is 1.27 bits per heavy atom. The number of benzene rings is 1. The maximum atomic E-state index is 13.0. The standard InChI is InChI=1S/C20H20FN3O2/c21-16-5-3-15(4-6-16)19(26)24-9-7-20(13-24)10-17(20)18(25)23-12-14-2-1-8-22-11-14/h1-6,8,11,17H,7,9-10,12-13H2,(H,23,25)/t17-,20-/m1/s1. The van der Waals surface area contributed by atoms with Crippen LogP contribution in [-0.4, -0.2) is 34.8 Å². The van der Waals surface area contributed by atoms with Crippen molar-refractivity contribution in [2.24, 2.45) is 11.3 Å². The molecular formula is C20H20FN3O2. The molecule has 1 saturated carbocycles. The minimum absolute atomic E-state index is 0.0369. The molecule has 1 aliphatic carbocycles. The van der Waals surface area contributed by atoms with E-state index in [0.717, 1.165) is 18.4 Å². The Morgan fingerprint density at radius 3 is 2.81 bits per heavy atom. The number of likely N-dealkylation sites (tertiary alicyclic amines) is 1. The first kappa shape index (κ1) is 16.7. The molecule has 2 amide bonds. The van der Waals surface area contributed by atoms with Gasteiger partial charge in [0.15, 0.2) is 0 Å². The molecule has 4 rings (SSSR count). The molecule has 1 aromatic carbocycles. The fourth-order valence-corrected chi connectivity index (χ4v) is 3.83. The van der Waals surface area contributed by atoms with Crippen LogP contribution in [0.15, 0.2) is 48.8 Å². The third-order valence-electron chi connectivity index (χ3n) is 5.46. The fraction of sp³-hybridized carbons (Fsp3) is 0.350. The molecule has 1 saturated heterocycles. The second-order valence-electron chi connectivity index (χ2n) is 7.18. The lowest BCUT2D eigenvalue weighted by Gasteiger charge is -2.17. The number of nitrogens with zero attached hydrogens (tertiary/aromatic N) is 2. The van der Waals surface area contributed by atoms with Crippen LogP contribution in [0.3, 0.4) is 0 Å². The van der Waals surface area contributed by atoms with E-state index in [4.69, 9.17) is 0 Å². The molecule has 26 heavy (non-hydrogen) atoms. The van der Waals surface area contributed by atoms with Gasteiger partial charge in [0.25, 0.3) is 5.91 Å². The van der Waals surface area contributed by atoms with Gasteiger partial charge in [0.2, 0.25) is 5.91 Å². The minimum atomic E-state index is -0.355. The average molecular weight is 353 g/mol. The smallest absolute Gasteiger partial charge is 0.253 e. The summed E-state index contributed by atoms with van der Waals surface area (Å²) in [6.45, 7) is 1.70. The largest absolute Gasteiger partial charge is 0.352 e. The van der Waals surface area contributed by atoms with Gasteiger partial charge in [-0.2, -0.15) is 0 Å². The van der Waals surface area contributed by atoms with Crippen LogP contribution in [0.5, 0.6) is 0 Å². The van der Waals surface area contributed by atoms with Gasteiger partial charge in [0.05, 0.1) is 0 Å². The summed E-state index contributed by atoms with van der Waals surface area (Å²) in [6.07, 6.45) is 5.10. The summed E-state index contributed by atoms with van der Waals surface area (Å²) < 4.78 is 13.0. The summed E-state index contributed by atoms with van der Waals surface area (Å²) in [6, 6.07) is 9.38. The molecule has 2 fully saturated rings. The quantitative estimate of drug-likeness (QED) is 0.918. The van der Waals surface area contributed by atoms with E-state index in [-0.39, 0.29) is 29.0 Å². The van der Waals surface area contributed by atoms with Gasteiger partial charge >= 0.3 is 0 Å². The number of carbonyl (C=O) groups is 2. The van der Waals surface area contributed by atoms with Crippen molar-refractivity contribution in [3.8, 4) is 0 Å². The Hall–Kier alpha value is -2.76. The van der Waals surface area contributed by atoms with E-state index in [1.165, 1.54) is 24.3 Å². The first-order valence-electron chi connectivity index (χ1n) is 8.79. The van der Waals surface area contributed by atoms with Crippen LogP contribution in [0.1, 0.15) is 28.8 Å². The number of amides is 2. The van der Waals surface area contributed by atoms with E-state index in [9.17, 15) is 14.0 Å². The molecule has 1 aliphatic heterocycles. The number of hydrogen-bond donors (Lipinski definition) is 1. The van der Waals surface area contributed by atoms with E-state index in [1.54, 1.807) is 17.3 Å². The number of rotatable bonds is 4. The predicted molar refractivity (Wildman–Crippen MR) is 93.5 cm³/mol. The van der Waals surface area contributed by atoms with Crippen molar-refractivity contribution >= 4 is 11.8 Å². The van der Waals surface area contributed by atoms with Crippen molar-refractivity contribution < 1.29 is 14.0 Å². The average Bonchev–Trinajstić information content (AvgIpc) is 3.20. The normalized spacial score (nSPS) is 23.9. The predicted octanol–water partition coefficient (Wildman–Crippen LogP) is 2.39. The van der Waals surface area contributed by atoms with Crippen molar-refractivity contribution in [3.05, 3.63) is 65.7 Å². The molecule has 0 radical (unpaired) electrons. The van der Waals surface area contributed by atoms with Crippen molar-refractivity contribution in [2.75, 3.05) is 13.1 Å². The first-order valence-corrected chi connectivity index (χ1v) is 8.79. The van der Waals surface area contributed by atoms with E-state index in [1.807, 2.05) is 12.1 Å². The van der Waals surface area contributed by atoms with Crippen LogP contribution >= 0.6 is 0 Å². The topological polar surface area (TPSA) is 62.3 Å². The molecule has 2 aromatic rings. The third-order valence-corrected chi connectivity index (χ3v) is 5.46. The number of carbonyl (C=O) groups excluding carboxylic acids is 2. The number of aromatic nitrogens is 1. The van der Waals surface area contributed by atoms with Crippen molar-refractivity contribution in [3.63, 3.8) is 0 Å². The Kier molecular flexibility index (Phi) is 4.18. The minimum Gasteiger partial charge on any atom is -0.352 e. The zero-order valence-electron chi connectivity index (χ0n) is 14.3. The van der Waals surface area contributed by atoms with Gasteiger partial charge in [-0.05, 0) is 48.7 Å². The van der Waals surface area contributed by atoms with E-state index >= 15 is 0 Å². The third kappa shape index (κ3) is 3.19. The SMILES string of the molecule is O=C(NCc1cccnc1)[C@H]1C[C@@]12CCN(C(=O)c1ccc(F)cc1)C2. The summed E-state index contributed by atoms with van der Waals surface area (Å²) in [5.74, 6) is -0.439. The molecule has 2 aliphatic rings. The van der Waals surface area contributed by atoms with Gasteiger partial charge in [-0.25, -0.2) is 4.39 Å². The molecule has 1 aromatic heterocycles. The zero-order chi connectivity index (χ0) is 18.1. The highest BCUT2D eigenvalue weighted by molar-refractivity contribution is 5.94. The highest BCUT2D eigenvalue weighted by Gasteiger charge is 2.61. The van der Waals surface area contributed by atoms with Crippen LogP contribution in [0.25, 0.3) is 0 Å². The van der Waals surface area contributed by atoms with Crippen molar-refractivity contribution in [1.82, 2.24) is 15.2 Å². The molecule has 5 nitrogen and oxygen atoms in total. The molecule has 2 heterocycles. The fourth-order valence-electron chi connectivity index (χ4n) is 3.83. The zero-order valence-corrected chi connectivity index (χ0v) is 14.3. The van der Waals surface area contributed by atoms with Crippen LogP contribution in [0, 0.1) is 17.2 Å². The number of pyridine rings is 1. The lowest BCUT2D eigenvalue weighted by Crippen LogP contribution is -2.31.